The Hall–Kier alpha value is -3.04. The van der Waals surface area contributed by atoms with Gasteiger partial charge in [0.25, 0.3) is 0 Å². The summed E-state index contributed by atoms with van der Waals surface area (Å²) in [4.78, 5) is 29.8. The second-order valence-corrected chi connectivity index (χ2v) is 7.72. The van der Waals surface area contributed by atoms with Crippen molar-refractivity contribution in [1.29, 1.82) is 0 Å². The molecule has 4 rings (SSSR count). The van der Waals surface area contributed by atoms with Crippen LogP contribution in [0.25, 0.3) is 16.2 Å². The second-order valence-electron chi connectivity index (χ2n) is 5.93. The van der Waals surface area contributed by atoms with Gasteiger partial charge in [-0.15, -0.1) is 27.8 Å². The molecular formula is C19H16N4O3S2. The van der Waals surface area contributed by atoms with E-state index in [2.05, 4.69) is 15.4 Å². The first kappa shape index (κ1) is 18.3. The van der Waals surface area contributed by atoms with E-state index in [1.165, 1.54) is 22.7 Å². The van der Waals surface area contributed by atoms with Gasteiger partial charge in [-0.25, -0.2) is 4.52 Å². The number of amides is 1. The van der Waals surface area contributed by atoms with Crippen LogP contribution >= 0.6 is 22.7 Å². The Balaban J connectivity index is 1.45. The number of Topliss-reactive ketones (excluding diaryl/α,β-unsaturated/α-hetero) is 1. The summed E-state index contributed by atoms with van der Waals surface area (Å²) in [5.74, 6) is 0.654. The highest BCUT2D eigenvalue weighted by Crippen LogP contribution is 2.28. The van der Waals surface area contributed by atoms with Gasteiger partial charge in [0.15, 0.2) is 5.78 Å². The molecule has 0 saturated carbocycles. The number of carbonyl (C=O) groups excluding carboxylic acids is 2. The average Bonchev–Trinajstić information content (AvgIpc) is 3.43. The molecule has 3 heterocycles. The normalized spacial score (nSPS) is 10.9. The van der Waals surface area contributed by atoms with Crippen LogP contribution in [0.5, 0.6) is 5.75 Å². The Morgan fingerprint density at radius 1 is 1.18 bits per heavy atom. The van der Waals surface area contributed by atoms with Crippen molar-refractivity contribution in [3.63, 3.8) is 0 Å². The van der Waals surface area contributed by atoms with Crippen LogP contribution in [0.15, 0.2) is 47.2 Å². The molecule has 0 aliphatic carbocycles. The van der Waals surface area contributed by atoms with Gasteiger partial charge < -0.3 is 4.74 Å². The highest BCUT2D eigenvalue weighted by molar-refractivity contribution is 7.15. The van der Waals surface area contributed by atoms with Crippen molar-refractivity contribution in [2.24, 2.45) is 0 Å². The first-order chi connectivity index (χ1) is 13.6. The largest absolute Gasteiger partial charge is 0.497 e. The number of ketones is 1. The predicted octanol–water partition coefficient (Wildman–Crippen LogP) is 4.13. The SMILES string of the molecule is COc1cccc(-c2csc3nc(NC(=O)CCC(=O)c4cccs4)nn23)c1. The lowest BCUT2D eigenvalue weighted by Gasteiger charge is -2.03. The molecule has 0 bridgehead atoms. The van der Waals surface area contributed by atoms with E-state index in [-0.39, 0.29) is 30.5 Å². The van der Waals surface area contributed by atoms with E-state index in [1.807, 2.05) is 41.1 Å². The van der Waals surface area contributed by atoms with Crippen LogP contribution in [-0.4, -0.2) is 33.4 Å². The molecule has 0 aliphatic rings. The summed E-state index contributed by atoms with van der Waals surface area (Å²) in [6, 6.07) is 11.2. The van der Waals surface area contributed by atoms with Crippen LogP contribution in [-0.2, 0) is 4.79 Å². The molecule has 0 fully saturated rings. The second kappa shape index (κ2) is 7.91. The zero-order valence-corrected chi connectivity index (χ0v) is 16.5. The molecule has 1 amide bonds. The number of thiazole rings is 1. The Kier molecular flexibility index (Phi) is 5.18. The summed E-state index contributed by atoms with van der Waals surface area (Å²) in [5, 5.41) is 10.8. The Morgan fingerprint density at radius 2 is 2.07 bits per heavy atom. The lowest BCUT2D eigenvalue weighted by Crippen LogP contribution is -2.14. The van der Waals surface area contributed by atoms with Gasteiger partial charge in [0, 0.05) is 23.8 Å². The number of fused-ring (bicyclic) bond motifs is 1. The van der Waals surface area contributed by atoms with Gasteiger partial charge in [-0.2, -0.15) is 4.98 Å². The molecule has 0 spiro atoms. The number of rotatable bonds is 7. The van der Waals surface area contributed by atoms with Crippen LogP contribution in [0, 0.1) is 0 Å². The van der Waals surface area contributed by atoms with E-state index < -0.39 is 0 Å². The minimum atomic E-state index is -0.286. The number of hydrogen-bond donors (Lipinski definition) is 1. The van der Waals surface area contributed by atoms with Crippen LogP contribution in [0.2, 0.25) is 0 Å². The number of methoxy groups -OCH3 is 1. The number of aromatic nitrogens is 3. The monoisotopic (exact) mass is 412 g/mol. The van der Waals surface area contributed by atoms with Crippen molar-refractivity contribution in [1.82, 2.24) is 14.6 Å². The van der Waals surface area contributed by atoms with Crippen molar-refractivity contribution >= 4 is 45.3 Å². The van der Waals surface area contributed by atoms with Gasteiger partial charge in [0.2, 0.25) is 16.8 Å². The summed E-state index contributed by atoms with van der Waals surface area (Å²) < 4.78 is 6.96. The maximum absolute atomic E-state index is 12.2. The van der Waals surface area contributed by atoms with Crippen molar-refractivity contribution in [2.45, 2.75) is 12.8 Å². The molecule has 142 valence electrons. The summed E-state index contributed by atoms with van der Waals surface area (Å²) in [5.41, 5.74) is 1.80. The predicted molar refractivity (Wildman–Crippen MR) is 109 cm³/mol. The van der Waals surface area contributed by atoms with Crippen LogP contribution in [0.3, 0.4) is 0 Å². The number of nitrogens with zero attached hydrogens (tertiary/aromatic N) is 3. The molecule has 1 aromatic carbocycles. The topological polar surface area (TPSA) is 85.6 Å². The smallest absolute Gasteiger partial charge is 0.250 e. The van der Waals surface area contributed by atoms with Gasteiger partial charge >= 0.3 is 0 Å². The first-order valence-electron chi connectivity index (χ1n) is 8.49. The Labute approximate surface area is 168 Å². The standard InChI is InChI=1S/C19H16N4O3S2/c1-26-13-5-2-4-12(10-13)14-11-28-19-21-18(22-23(14)19)20-17(25)8-7-15(24)16-6-3-9-27-16/h2-6,9-11H,7-8H2,1H3,(H,20,22,25). The number of hydrogen-bond acceptors (Lipinski definition) is 7. The van der Waals surface area contributed by atoms with Gasteiger partial charge in [-0.3, -0.25) is 14.9 Å². The quantitative estimate of drug-likeness (QED) is 0.461. The number of thiophene rings is 1. The lowest BCUT2D eigenvalue weighted by molar-refractivity contribution is -0.116. The van der Waals surface area contributed by atoms with E-state index in [0.717, 1.165) is 17.0 Å². The van der Waals surface area contributed by atoms with E-state index in [0.29, 0.717) is 9.84 Å². The van der Waals surface area contributed by atoms with E-state index in [1.54, 1.807) is 17.7 Å². The summed E-state index contributed by atoms with van der Waals surface area (Å²) >= 11 is 2.81. The molecule has 0 radical (unpaired) electrons. The van der Waals surface area contributed by atoms with Crippen molar-refractivity contribution in [3.05, 3.63) is 52.0 Å². The summed E-state index contributed by atoms with van der Waals surface area (Å²) in [6.45, 7) is 0. The number of benzene rings is 1. The fourth-order valence-electron chi connectivity index (χ4n) is 2.69. The maximum atomic E-state index is 12.2. The zero-order valence-electron chi connectivity index (χ0n) is 14.9. The molecule has 1 N–H and O–H groups in total. The summed E-state index contributed by atoms with van der Waals surface area (Å²) in [6.07, 6.45) is 0.246. The van der Waals surface area contributed by atoms with Crippen molar-refractivity contribution in [3.8, 4) is 17.0 Å². The van der Waals surface area contributed by atoms with Crippen LogP contribution < -0.4 is 10.1 Å². The highest BCUT2D eigenvalue weighted by atomic mass is 32.1. The molecule has 9 heteroatoms. The Bertz CT molecular complexity index is 1130. The summed E-state index contributed by atoms with van der Waals surface area (Å²) in [7, 11) is 1.62. The van der Waals surface area contributed by atoms with Crippen molar-refractivity contribution < 1.29 is 14.3 Å². The van der Waals surface area contributed by atoms with Gasteiger partial charge in [0.1, 0.15) is 5.75 Å². The number of anilines is 1. The number of carbonyl (C=O) groups is 2. The van der Waals surface area contributed by atoms with E-state index in [4.69, 9.17) is 4.74 Å². The van der Waals surface area contributed by atoms with Gasteiger partial charge in [0.05, 0.1) is 17.7 Å². The molecule has 3 aromatic heterocycles. The molecule has 7 nitrogen and oxygen atoms in total. The maximum Gasteiger partial charge on any atom is 0.250 e. The van der Waals surface area contributed by atoms with Crippen molar-refractivity contribution in [2.75, 3.05) is 12.4 Å². The third-order valence-corrected chi connectivity index (χ3v) is 5.80. The number of nitrogens with one attached hydrogen (secondary N) is 1. The first-order valence-corrected chi connectivity index (χ1v) is 10.3. The molecule has 0 unspecified atom stereocenters. The third-order valence-electron chi connectivity index (χ3n) is 4.07. The fourth-order valence-corrected chi connectivity index (χ4v) is 4.22. The van der Waals surface area contributed by atoms with E-state index >= 15 is 0 Å². The van der Waals surface area contributed by atoms with Crippen LogP contribution in [0.1, 0.15) is 22.5 Å². The lowest BCUT2D eigenvalue weighted by atomic mass is 10.2. The fraction of sp³-hybridized carbons (Fsp3) is 0.158. The number of ether oxygens (including phenoxy) is 1. The van der Waals surface area contributed by atoms with Crippen LogP contribution in [0.4, 0.5) is 5.95 Å². The molecule has 0 atom stereocenters. The minimum Gasteiger partial charge on any atom is -0.497 e. The average molecular weight is 412 g/mol. The third kappa shape index (κ3) is 3.80. The highest BCUT2D eigenvalue weighted by Gasteiger charge is 2.15. The Morgan fingerprint density at radius 3 is 2.86 bits per heavy atom. The molecule has 28 heavy (non-hydrogen) atoms. The molecule has 4 aromatic rings. The van der Waals surface area contributed by atoms with E-state index in [9.17, 15) is 9.59 Å². The zero-order chi connectivity index (χ0) is 19.5. The van der Waals surface area contributed by atoms with Gasteiger partial charge in [-0.05, 0) is 23.6 Å². The molecular weight excluding hydrogens is 396 g/mol. The molecule has 0 saturated heterocycles. The molecule has 0 aliphatic heterocycles. The minimum absolute atomic E-state index is 0.0377. The van der Waals surface area contributed by atoms with Gasteiger partial charge in [-0.1, -0.05) is 18.2 Å².